The van der Waals surface area contributed by atoms with Crippen molar-refractivity contribution in [1.82, 2.24) is 29.7 Å². The lowest BCUT2D eigenvalue weighted by Gasteiger charge is -2.32. The van der Waals surface area contributed by atoms with Gasteiger partial charge in [-0.1, -0.05) is 67.6 Å². The number of aliphatic imine (C=N–C) groups is 1. The maximum Gasteiger partial charge on any atom is 0.165 e. The Balaban J connectivity index is 1.25. The predicted octanol–water partition coefficient (Wildman–Crippen LogP) is 6.85. The van der Waals surface area contributed by atoms with E-state index < -0.39 is 0 Å². The fourth-order valence-corrected chi connectivity index (χ4v) is 5.71. The first kappa shape index (κ1) is 31.1. The van der Waals surface area contributed by atoms with Crippen molar-refractivity contribution in [2.45, 2.75) is 32.9 Å². The van der Waals surface area contributed by atoms with Crippen LogP contribution in [0.25, 0.3) is 39.5 Å². The Labute approximate surface area is 275 Å². The van der Waals surface area contributed by atoms with Crippen molar-refractivity contribution in [3.63, 3.8) is 0 Å². The molecule has 9 heteroatoms. The number of nitrogens with zero attached hydrogens (tertiary/aromatic N) is 7. The average molecular weight is 620 g/mol. The fourth-order valence-electron chi connectivity index (χ4n) is 5.71. The van der Waals surface area contributed by atoms with Gasteiger partial charge in [0.1, 0.15) is 23.1 Å². The Morgan fingerprint density at radius 3 is 2.64 bits per heavy atom. The van der Waals surface area contributed by atoms with E-state index in [0.29, 0.717) is 23.9 Å². The fraction of sp³-hybridized carbons (Fsp3) is 0.184. The molecule has 3 N–H and O–H groups in total. The number of aromatic nitrogens is 4. The van der Waals surface area contributed by atoms with E-state index in [0.717, 1.165) is 64.4 Å². The van der Waals surface area contributed by atoms with Crippen LogP contribution in [0.5, 0.6) is 0 Å². The minimum atomic E-state index is 0.149. The summed E-state index contributed by atoms with van der Waals surface area (Å²) in [7, 11) is 0. The topological polar surface area (TPSA) is 121 Å². The molecule has 1 atom stereocenters. The predicted molar refractivity (Wildman–Crippen MR) is 190 cm³/mol. The number of pyridine rings is 2. The van der Waals surface area contributed by atoms with E-state index in [2.05, 4.69) is 92.4 Å². The van der Waals surface area contributed by atoms with Gasteiger partial charge < -0.3 is 16.0 Å². The highest BCUT2D eigenvalue weighted by atomic mass is 15.2. The number of allylic oxidation sites excluding steroid dienone is 3. The van der Waals surface area contributed by atoms with Crippen LogP contribution in [-0.4, -0.2) is 49.8 Å². The number of hydrogen-bond acceptors (Lipinski definition) is 8. The number of anilines is 1. The monoisotopic (exact) mass is 619 g/mol. The molecule has 1 unspecified atom stereocenters. The molecule has 5 aromatic rings. The minimum absolute atomic E-state index is 0.149. The summed E-state index contributed by atoms with van der Waals surface area (Å²) in [4.78, 5) is 20.8. The van der Waals surface area contributed by atoms with Crippen molar-refractivity contribution in [3.05, 3.63) is 126 Å². The molecule has 234 valence electrons. The molecule has 0 saturated heterocycles. The quantitative estimate of drug-likeness (QED) is 0.0759. The zero-order valence-corrected chi connectivity index (χ0v) is 26.6. The molecule has 0 radical (unpaired) electrons. The molecule has 3 aromatic heterocycles. The summed E-state index contributed by atoms with van der Waals surface area (Å²) in [5, 5.41) is 13.2. The average Bonchev–Trinajstić information content (AvgIpc) is 3.49. The Morgan fingerprint density at radius 1 is 1.06 bits per heavy atom. The molecule has 47 heavy (non-hydrogen) atoms. The number of nitrogens with two attached hydrogens (primary N) is 1. The van der Waals surface area contributed by atoms with Crippen molar-refractivity contribution >= 4 is 23.2 Å². The Kier molecular flexibility index (Phi) is 9.61. The van der Waals surface area contributed by atoms with Crippen LogP contribution in [0.2, 0.25) is 0 Å². The number of rotatable bonds is 10. The highest BCUT2D eigenvalue weighted by molar-refractivity contribution is 5.84. The molecule has 1 aliphatic rings. The van der Waals surface area contributed by atoms with Crippen LogP contribution in [-0.2, 0) is 6.54 Å². The highest BCUT2D eigenvalue weighted by Gasteiger charge is 2.20. The third kappa shape index (κ3) is 7.03. The van der Waals surface area contributed by atoms with Gasteiger partial charge in [0.2, 0.25) is 0 Å². The van der Waals surface area contributed by atoms with E-state index in [1.165, 1.54) is 0 Å². The van der Waals surface area contributed by atoms with Gasteiger partial charge in [-0.25, -0.2) is 15.0 Å². The summed E-state index contributed by atoms with van der Waals surface area (Å²) in [6.45, 7) is 6.18. The number of fused-ring (bicyclic) bond motifs is 1. The van der Waals surface area contributed by atoms with Gasteiger partial charge in [-0.05, 0) is 61.4 Å². The summed E-state index contributed by atoms with van der Waals surface area (Å²) in [6, 6.07) is 28.7. The molecule has 6 rings (SSSR count). The number of nitriles is 1. The smallest absolute Gasteiger partial charge is 0.165 e. The molecule has 9 nitrogen and oxygen atoms in total. The number of nitrogen functional groups attached to an aromatic ring is 1. The summed E-state index contributed by atoms with van der Waals surface area (Å²) < 4.78 is 2.06. The first-order chi connectivity index (χ1) is 23.1. The minimum Gasteiger partial charge on any atom is -0.383 e. The molecule has 2 aromatic carbocycles. The van der Waals surface area contributed by atoms with Gasteiger partial charge in [0.05, 0.1) is 11.3 Å². The maximum atomic E-state index is 9.49. The number of nitrogens with one attached hydrogen (secondary N) is 1. The molecular formula is C38H37N9. The number of imidazole rings is 1. The molecule has 0 fully saturated rings. The number of benzene rings is 2. The summed E-state index contributed by atoms with van der Waals surface area (Å²) in [6.07, 6.45) is 12.6. The summed E-state index contributed by atoms with van der Waals surface area (Å²) >= 11 is 0. The molecule has 0 aliphatic carbocycles. The second-order valence-electron chi connectivity index (χ2n) is 11.2. The Hall–Kier alpha value is -5.85. The highest BCUT2D eigenvalue weighted by Crippen LogP contribution is 2.31. The van der Waals surface area contributed by atoms with Gasteiger partial charge >= 0.3 is 0 Å². The largest absolute Gasteiger partial charge is 0.383 e. The van der Waals surface area contributed by atoms with Gasteiger partial charge in [-0.2, -0.15) is 5.26 Å². The van der Waals surface area contributed by atoms with Crippen LogP contribution >= 0.6 is 0 Å². The number of hydrogen-bond donors (Lipinski definition) is 2. The summed E-state index contributed by atoms with van der Waals surface area (Å²) in [5.74, 6) is 1.10. The molecule has 4 heterocycles. The van der Waals surface area contributed by atoms with E-state index >= 15 is 0 Å². The third-order valence-electron chi connectivity index (χ3n) is 7.97. The first-order valence-corrected chi connectivity index (χ1v) is 15.8. The van der Waals surface area contributed by atoms with Crippen LogP contribution in [0, 0.1) is 11.3 Å². The Bertz CT molecular complexity index is 2010. The second kappa shape index (κ2) is 14.5. The molecule has 1 aliphatic heterocycles. The van der Waals surface area contributed by atoms with Gasteiger partial charge in [0.15, 0.2) is 11.5 Å². The van der Waals surface area contributed by atoms with E-state index in [4.69, 9.17) is 15.7 Å². The van der Waals surface area contributed by atoms with Gasteiger partial charge in [-0.3, -0.25) is 9.56 Å². The third-order valence-corrected chi connectivity index (χ3v) is 7.97. The van der Waals surface area contributed by atoms with Crippen molar-refractivity contribution in [2.24, 2.45) is 4.99 Å². The van der Waals surface area contributed by atoms with E-state index in [1.807, 2.05) is 55.5 Å². The SMILES string of the molecule is CC=N/C(C#N)=C\C(=C\CC)N1CC=CC(NCc2ccc(-n3c(-c4cccnc4N)nc4ccc(-c5ccccc5)nc43)cc2)C1. The first-order valence-electron chi connectivity index (χ1n) is 15.8. The van der Waals surface area contributed by atoms with Crippen molar-refractivity contribution in [2.75, 3.05) is 18.8 Å². The van der Waals surface area contributed by atoms with Crippen molar-refractivity contribution in [1.29, 1.82) is 5.26 Å². The lowest BCUT2D eigenvalue weighted by Crippen LogP contribution is -2.42. The van der Waals surface area contributed by atoms with E-state index in [1.54, 1.807) is 12.4 Å². The van der Waals surface area contributed by atoms with Crippen LogP contribution in [0.1, 0.15) is 25.8 Å². The lowest BCUT2D eigenvalue weighted by atomic mass is 10.1. The molecular weight excluding hydrogens is 582 g/mol. The van der Waals surface area contributed by atoms with Crippen molar-refractivity contribution < 1.29 is 0 Å². The van der Waals surface area contributed by atoms with Crippen molar-refractivity contribution in [3.8, 4) is 34.4 Å². The maximum absolute atomic E-state index is 9.49. The summed E-state index contributed by atoms with van der Waals surface area (Å²) in [5.41, 5.74) is 14.0. The standard InChI is InChI=1S/C38H37N9/c1-3-10-32(23-30(24-39)41-4-2)46-22-9-13-29(26-46)43-25-27-15-17-31(18-16-27)47-37(33-14-8-21-42-36(33)40)45-35-20-19-34(44-38(35)47)28-11-6-5-7-12-28/h4-21,23,29,43H,3,22,25-26H2,1-2H3,(H2,40,42)/b30-23-,32-10-,41-4?. The Morgan fingerprint density at radius 2 is 1.89 bits per heavy atom. The zero-order valence-electron chi connectivity index (χ0n) is 26.6. The van der Waals surface area contributed by atoms with Gasteiger partial charge in [-0.15, -0.1) is 0 Å². The molecule has 0 bridgehead atoms. The van der Waals surface area contributed by atoms with Crippen LogP contribution in [0.15, 0.2) is 126 Å². The van der Waals surface area contributed by atoms with Crippen LogP contribution in [0.3, 0.4) is 0 Å². The second-order valence-corrected chi connectivity index (χ2v) is 11.2. The molecule has 0 spiro atoms. The van der Waals surface area contributed by atoms with E-state index in [-0.39, 0.29) is 6.04 Å². The van der Waals surface area contributed by atoms with Crippen LogP contribution in [0.4, 0.5) is 5.82 Å². The lowest BCUT2D eigenvalue weighted by molar-refractivity contribution is 0.336. The van der Waals surface area contributed by atoms with E-state index in [9.17, 15) is 5.26 Å². The zero-order chi connectivity index (χ0) is 32.6. The normalized spacial score (nSPS) is 15.4. The van der Waals surface area contributed by atoms with Gasteiger partial charge in [0.25, 0.3) is 0 Å². The molecule has 0 saturated carbocycles. The van der Waals surface area contributed by atoms with Gasteiger partial charge in [0, 0.05) is 55.0 Å². The van der Waals surface area contributed by atoms with Crippen LogP contribution < -0.4 is 11.1 Å². The molecule has 0 amide bonds.